The van der Waals surface area contributed by atoms with Gasteiger partial charge in [0.2, 0.25) is 0 Å². The maximum absolute atomic E-state index is 4.84. The van der Waals surface area contributed by atoms with Crippen molar-refractivity contribution in [1.82, 2.24) is 0 Å². The summed E-state index contributed by atoms with van der Waals surface area (Å²) >= 11 is 9.67. The van der Waals surface area contributed by atoms with Crippen LogP contribution in [0.3, 0.4) is 0 Å². The molecule has 0 aromatic rings. The summed E-state index contributed by atoms with van der Waals surface area (Å²) in [6.45, 7) is 0. The van der Waals surface area contributed by atoms with Crippen LogP contribution in [-0.2, 0) is 1270 Å². The smallest absolute Gasteiger partial charge is 0 e. The Bertz CT molecular complexity index is 10600. The van der Waals surface area contributed by atoms with Crippen molar-refractivity contribution in [3.63, 3.8) is 0 Å². The van der Waals surface area contributed by atoms with Gasteiger partial charge in [-0.3, -0.25) is 0 Å². The first kappa shape index (κ1) is 174. The van der Waals surface area contributed by atoms with E-state index in [2.05, 4.69) is 0 Å². The van der Waals surface area contributed by atoms with Gasteiger partial charge in [0.1, 0.15) is 0 Å². The van der Waals surface area contributed by atoms with Gasteiger partial charge in [0.15, 0.2) is 0 Å². The average molecular weight is 4590 g/mol. The monoisotopic (exact) mass is 4570 g/mol. The van der Waals surface area contributed by atoms with Crippen molar-refractivity contribution < 1.29 is 0 Å². The van der Waals surface area contributed by atoms with Crippen molar-refractivity contribution in [3.8, 4) is 0 Å². The third-order valence-electron chi connectivity index (χ3n) is 3.89. The highest BCUT2D eigenvalue weighted by Gasteiger charge is 1.55. The van der Waals surface area contributed by atoms with E-state index in [9.17, 15) is 0 Å². The predicted molar refractivity (Wildman–Crippen MR) is 1050 cm³/mol. The molecule has 0 atom stereocenters. The molecule has 0 aliphatic heterocycles. The summed E-state index contributed by atoms with van der Waals surface area (Å²) in [5.41, 5.74) is 0. The maximum Gasteiger partial charge on any atom is 0 e. The van der Waals surface area contributed by atoms with E-state index in [1.165, 1.54) is 17.8 Å². The van der Waals surface area contributed by atoms with E-state index < -0.39 is 0 Å². The number of hydrogen-bond donors (Lipinski definition) is 0. The normalized spacial score (nSPS) is 7.92. The van der Waals surface area contributed by atoms with Gasteiger partial charge in [-0.05, 0) is 0 Å². The van der Waals surface area contributed by atoms with Crippen molar-refractivity contribution in [2.24, 2.45) is 0 Å². The molecule has 0 aromatic carbocycles. The summed E-state index contributed by atoms with van der Waals surface area (Å²) in [6.07, 6.45) is 0. The third-order valence-corrected chi connectivity index (χ3v) is 315. The first-order chi connectivity index (χ1) is 71.4. The van der Waals surface area contributed by atoms with Gasteiger partial charge in [-0.25, -0.2) is 0 Å². The summed E-state index contributed by atoms with van der Waals surface area (Å²) < 4.78 is 0. The number of hydrogen-bond acceptors (Lipinski definition) is 2. The Labute approximate surface area is 1230 Å². The Balaban J connectivity index is 6.21. The van der Waals surface area contributed by atoms with Crippen LogP contribution < -0.4 is 0 Å². The lowest BCUT2D eigenvalue weighted by atomic mass is 30.7. The minimum absolute atomic E-state index is 1.37. The molecule has 0 aliphatic rings. The van der Waals surface area contributed by atoms with Crippen LogP contribution in [0.5, 0.6) is 0 Å². The van der Waals surface area contributed by atoms with E-state index in [0.717, 1.165) is 0 Å². The highest BCUT2D eigenvalue weighted by atomic mass is 33.6. The van der Waals surface area contributed by atoms with Crippen LogP contribution in [-0.4, -0.2) is 0 Å². The van der Waals surface area contributed by atoms with Gasteiger partial charge in [0, 0.05) is 1270 Å². The van der Waals surface area contributed by atoms with Gasteiger partial charge in [-0.2, -0.15) is 0 Å². The van der Waals surface area contributed by atoms with Crippen molar-refractivity contribution >= 4 is 1270 Å². The maximum atomic E-state index is 4.84. The molecule has 0 aliphatic carbocycles. The Kier molecular flexibility index (Phi) is 212. The second kappa shape index (κ2) is 173. The third kappa shape index (κ3) is 173. The van der Waals surface area contributed by atoms with Gasteiger partial charge in [-0.1, -0.05) is 0 Å². The van der Waals surface area contributed by atoms with Gasteiger partial charge in [0.05, 0.1) is 0 Å². The van der Waals surface area contributed by atoms with Gasteiger partial charge in [-0.15, -0.1) is 0 Å². The molecule has 0 saturated heterocycles. The van der Waals surface area contributed by atoms with Crippen LogP contribution in [0.25, 0.3) is 0 Å². The van der Waals surface area contributed by atoms with Crippen LogP contribution in [0.1, 0.15) is 0 Å². The van der Waals surface area contributed by atoms with Gasteiger partial charge < -0.3 is 0 Å². The fourth-order valence-corrected chi connectivity index (χ4v) is 383. The topological polar surface area (TPSA) is 0 Å². The van der Waals surface area contributed by atoms with Crippen molar-refractivity contribution in [1.29, 1.82) is 0 Å². The van der Waals surface area contributed by atoms with Crippen LogP contribution in [0.4, 0.5) is 0 Å². The largest absolute Gasteiger partial charge is 0 e. The van der Waals surface area contributed by atoms with Gasteiger partial charge >= 0.3 is 0 Å². The first-order valence-electron chi connectivity index (χ1n) is 23.7. The Morgan fingerprint density at radius 2 is 0.0559 bits per heavy atom. The summed E-state index contributed by atoms with van der Waals surface area (Å²) in [6, 6.07) is 0. The zero-order chi connectivity index (χ0) is 102. The quantitative estimate of drug-likeness (QED) is 0.326. The standard InChI is InChI=1S/S143/c1-3-5-7-9-11-13-15-17-19-21-23-25-27-29-31-33-35-37-39-41-43-45-47-49-51-53-55-57-59-61-63-65-67-69-71-73-75-77-79-81-83-85-87-89-91-93-95-97-99-101-103-105-107-109-111-113-115-117-119-121-123-125-127-129-131-133-135-137-139-141-143-142-140-138-136-134-132-130-128-126-124-122-120-118-116-114-112-110-108-106-104-102-100-98-96-94-92-90-88-86-84-82-80-78-76-74-72-70-68-66-64-62-60-58-56-54-52-50-48-46-44-42-40-38-36-34-32-30-28-26-24-22-20-18-16-14-12-10-8-6-4-2. The molecule has 0 heterocycles. The van der Waals surface area contributed by atoms with Crippen LogP contribution in [0.15, 0.2) is 0 Å². The zero-order valence-corrected chi connectivity index (χ0v) is 175. The molecule has 143 heteroatoms. The van der Waals surface area contributed by atoms with E-state index >= 15 is 0 Å². The highest BCUT2D eigenvalue weighted by Crippen LogP contribution is 1.55. The fourth-order valence-electron chi connectivity index (χ4n) is 1.58. The fraction of sp³-hybridized carbons (Fsp3) is 0. The molecule has 0 spiro atoms. The summed E-state index contributed by atoms with van der Waals surface area (Å²) in [5.74, 6) is 0. The number of rotatable bonds is 0. The van der Waals surface area contributed by atoms with Crippen LogP contribution in [0, 0.1) is 0 Å². The Hall–Kier alpha value is 31.5. The molecule has 0 nitrogen and oxygen atoms in total. The van der Waals surface area contributed by atoms with Crippen molar-refractivity contribution in [3.05, 3.63) is 0 Å². The van der Waals surface area contributed by atoms with E-state index in [0.29, 0.717) is 0 Å². The average Bonchev–Trinajstić information content (AvgIpc) is 1.11. The SMILES string of the molecule is S=S=S=S=S=S=S=S=S=S=S=S=S=S=S=S=S=S=S=S=S=S=S=S=S=S=S=S=S=S=S=S=S=S=S=S=S=S=S=S=S=S=S=S=S=S=S=S=S=S=S=S=S=S=S=S=S=S=S=S=S=S=S=S=S=S=S=S=S=S=S=S=S=S=S=S=S=S=S=S=S=S=S=S=S=S=S=S=S=S=S=S=S=S=S=S=S=S=S=S=S=S=S=S=S=S=S=S=S=S=S=S=S=S=S=S=S=S=S=S=S=S=S=S=S=S=S=S=S=S=S=S=S=S=S=S=S=S=S=S=S=S=S. The van der Waals surface area contributed by atoms with Crippen LogP contribution in [0.2, 0.25) is 0 Å². The lowest BCUT2D eigenvalue weighted by Crippen LogP contribution is -1.42. The molecule has 0 fully saturated rings. The van der Waals surface area contributed by atoms with Gasteiger partial charge in [0.25, 0.3) is 0 Å². The molecule has 0 N–H and O–H groups in total. The van der Waals surface area contributed by atoms with E-state index in [4.69, 9.17) is 22.4 Å². The lowest BCUT2D eigenvalue weighted by Gasteiger charge is -1.41. The molecule has 0 amide bonds. The Morgan fingerprint density at radius 1 is 0.0350 bits per heavy atom. The van der Waals surface area contributed by atoms with Crippen LogP contribution >= 0.6 is 0 Å². The summed E-state index contributed by atoms with van der Waals surface area (Å²) in [5, 5.41) is 0. The minimum Gasteiger partial charge on any atom is 0 e. The van der Waals surface area contributed by atoms with Crippen molar-refractivity contribution in [2.75, 3.05) is 0 Å². The van der Waals surface area contributed by atoms with E-state index in [1.54, 1.807) is 107 Å². The molecule has 0 bridgehead atoms. The molecule has 143 heavy (non-hydrogen) atoms. The summed E-state index contributed by atoms with van der Waals surface area (Å²) in [7, 11) is 256. The first-order valence-corrected chi connectivity index (χ1v) is 213. The molecule has 0 radical (unpaired) electrons. The molecule has 0 rings (SSSR count). The van der Waals surface area contributed by atoms with E-state index in [1.807, 2.05) is 1130 Å². The molecular formula is S143. The minimum atomic E-state index is 1.37. The van der Waals surface area contributed by atoms with E-state index in [-0.39, 0.29) is 0 Å². The molecule has 0 saturated carbocycles. The molecule has 858 valence electrons. The molecule has 0 aromatic heterocycles. The summed E-state index contributed by atoms with van der Waals surface area (Å²) in [4.78, 5) is 0. The second-order valence-corrected chi connectivity index (χ2v) is 259. The predicted octanol–water partition coefficient (Wildman–Crippen LogP) is -0.343. The highest BCUT2D eigenvalue weighted by molar-refractivity contribution is 8.92. The molecule has 0 unspecified atom stereocenters. The lowest BCUT2D eigenvalue weighted by molar-refractivity contribution is 5.95. The molecular weight excluding hydrogens is 4590 g/mol. The zero-order valence-electron chi connectivity index (χ0n) is 58.4. The Morgan fingerprint density at radius 3 is 0.0769 bits per heavy atom. The second-order valence-electron chi connectivity index (χ2n) is 9.59. The van der Waals surface area contributed by atoms with Crippen molar-refractivity contribution in [2.45, 2.75) is 0 Å².